The molecule has 10 atom stereocenters. The molecule has 0 radical (unpaired) electrons. The molecule has 3 aliphatic heterocycles. The molecule has 9 N–H and O–H groups in total. The zero-order valence-electron chi connectivity index (χ0n) is 44.6. The third-order valence-corrected chi connectivity index (χ3v) is 17.3. The molecule has 0 aromatic heterocycles. The van der Waals surface area contributed by atoms with Crippen LogP contribution in [0.4, 0.5) is 0 Å². The first-order valence-corrected chi connectivity index (χ1v) is 27.7. The number of ketones is 1. The number of hydrogen-bond donors (Lipinski definition) is 8. The Morgan fingerprint density at radius 2 is 1.72 bits per heavy atom. The summed E-state index contributed by atoms with van der Waals surface area (Å²) in [6.45, 7) is 11.7. The van der Waals surface area contributed by atoms with Gasteiger partial charge in [0.25, 0.3) is 0 Å². The van der Waals surface area contributed by atoms with Crippen LogP contribution in [-0.4, -0.2) is 88.4 Å². The number of carbonyl (C=O) groups excluding carboxylic acids is 2. The third kappa shape index (κ3) is 13.3. The number of aliphatic hydroxyl groups excluding tert-OH is 3. The van der Waals surface area contributed by atoms with E-state index in [2.05, 4.69) is 83.8 Å². The number of fused-ring (bicyclic) bond motifs is 4. The van der Waals surface area contributed by atoms with Gasteiger partial charge >= 0.3 is 0 Å². The Hall–Kier alpha value is -5.26. The summed E-state index contributed by atoms with van der Waals surface area (Å²) in [5.74, 6) is 5.40. The minimum Gasteiger partial charge on any atom is -0.393 e. The zero-order chi connectivity index (χ0) is 53.1. The van der Waals surface area contributed by atoms with Crippen LogP contribution < -0.4 is 21.7 Å². The van der Waals surface area contributed by atoms with Crippen molar-refractivity contribution >= 4 is 11.7 Å². The highest BCUT2D eigenvalue weighted by Gasteiger charge is 2.64. The number of nitrogens with one attached hydrogen (secondary N) is 3. The van der Waals surface area contributed by atoms with E-state index in [1.54, 1.807) is 0 Å². The van der Waals surface area contributed by atoms with E-state index in [0.29, 0.717) is 86.5 Å². The van der Waals surface area contributed by atoms with E-state index < -0.39 is 47.5 Å². The van der Waals surface area contributed by atoms with E-state index in [4.69, 9.17) is 10.5 Å². The molecule has 400 valence electrons. The highest BCUT2D eigenvalue weighted by Crippen LogP contribution is 2.63. The molecule has 5 aliphatic rings. The second kappa shape index (κ2) is 25.7. The monoisotopic (exact) mass is 1020 g/mol. The molecule has 75 heavy (non-hydrogen) atoms. The molecule has 3 aromatic rings. The van der Waals surface area contributed by atoms with E-state index >= 15 is 0 Å². The number of aliphatic hydroxyl groups is 4. The van der Waals surface area contributed by atoms with Gasteiger partial charge in [-0.15, -0.1) is 0 Å². The van der Waals surface area contributed by atoms with Crippen molar-refractivity contribution in [1.82, 2.24) is 16.0 Å². The lowest BCUT2D eigenvalue weighted by atomic mass is 9.52. The number of likely N-dealkylation sites (N-methyl/N-ethyl adjacent to an activating group) is 1. The molecule has 2 bridgehead atoms. The van der Waals surface area contributed by atoms with Crippen molar-refractivity contribution in [2.45, 2.75) is 159 Å². The third-order valence-electron chi connectivity index (χ3n) is 17.3. The molecule has 2 aliphatic carbocycles. The maximum atomic E-state index is 14.9. The SMILES string of the molecule is C=C1C=CC=C(C2CCC3(C4CCC(O)Cc5cccc(c5)CCC(O)CNC5C(=O)NC(N)c6cccc(c65)CC(=O)C(C)=C4CCC3(C)O)C2O)COCC#CCC(CCCc2ccccc2)=CCC1NCC. The second-order valence-corrected chi connectivity index (χ2v) is 22.1. The van der Waals surface area contributed by atoms with Gasteiger partial charge in [-0.25, -0.2) is 0 Å². The highest BCUT2D eigenvalue weighted by molar-refractivity contribution is 5.98. The molecular formula is C64H82N4O7. The number of β-amino-alcohol motifs (C(OH)–C–C–N with tert-alkyl or cyclic N) is 1. The largest absolute Gasteiger partial charge is 0.393 e. The Balaban J connectivity index is 1.11. The Morgan fingerprint density at radius 1 is 0.920 bits per heavy atom. The van der Waals surface area contributed by atoms with Gasteiger partial charge in [-0.3, -0.25) is 14.9 Å². The number of amides is 1. The summed E-state index contributed by atoms with van der Waals surface area (Å²) in [4.78, 5) is 28.6. The molecule has 8 rings (SSSR count). The first-order chi connectivity index (χ1) is 36.2. The Labute approximate surface area is 445 Å². The number of ether oxygens (including phenoxy) is 1. The van der Waals surface area contributed by atoms with Gasteiger partial charge in [0.2, 0.25) is 5.91 Å². The van der Waals surface area contributed by atoms with Gasteiger partial charge in [-0.2, -0.15) is 0 Å². The highest BCUT2D eigenvalue weighted by atomic mass is 16.5. The Bertz CT molecular complexity index is 2690. The van der Waals surface area contributed by atoms with E-state index in [1.165, 1.54) is 11.1 Å². The molecule has 11 heteroatoms. The van der Waals surface area contributed by atoms with Gasteiger partial charge in [0.15, 0.2) is 5.78 Å². The fourth-order valence-corrected chi connectivity index (χ4v) is 13.1. The van der Waals surface area contributed by atoms with Crippen LogP contribution in [0.2, 0.25) is 0 Å². The maximum Gasteiger partial charge on any atom is 0.243 e. The second-order valence-electron chi connectivity index (χ2n) is 22.1. The van der Waals surface area contributed by atoms with Crippen LogP contribution in [0.5, 0.6) is 0 Å². The van der Waals surface area contributed by atoms with Crippen LogP contribution in [0.1, 0.15) is 137 Å². The van der Waals surface area contributed by atoms with Crippen molar-refractivity contribution in [1.29, 1.82) is 0 Å². The predicted molar refractivity (Wildman–Crippen MR) is 297 cm³/mol. The molecule has 1 spiro atoms. The molecule has 10 unspecified atom stereocenters. The Kier molecular flexibility index (Phi) is 19.2. The maximum absolute atomic E-state index is 14.9. The van der Waals surface area contributed by atoms with Crippen LogP contribution in [-0.2, 0) is 40.0 Å². The number of hydrogen-bond acceptors (Lipinski definition) is 10. The molecule has 0 saturated heterocycles. The van der Waals surface area contributed by atoms with E-state index in [9.17, 15) is 30.0 Å². The van der Waals surface area contributed by atoms with Gasteiger partial charge in [0.05, 0.1) is 30.5 Å². The topological polar surface area (TPSA) is 186 Å². The lowest BCUT2D eigenvalue weighted by Gasteiger charge is -2.56. The molecular weight excluding hydrogens is 937 g/mol. The summed E-state index contributed by atoms with van der Waals surface area (Å²) in [5, 5.41) is 58.9. The minimum atomic E-state index is -1.32. The van der Waals surface area contributed by atoms with Crippen molar-refractivity contribution in [3.8, 4) is 11.8 Å². The van der Waals surface area contributed by atoms with Crippen molar-refractivity contribution in [2.24, 2.45) is 23.0 Å². The number of rotatable bonds is 7. The van der Waals surface area contributed by atoms with Crippen LogP contribution in [0.15, 0.2) is 132 Å². The fraction of sp³-hybridized carbons (Fsp3) is 0.500. The number of Topliss-reactive ketones (excluding diaryl/α,β-unsaturated/α-hetero) is 1. The van der Waals surface area contributed by atoms with E-state index in [1.807, 2.05) is 68.5 Å². The first kappa shape index (κ1) is 56.0. The van der Waals surface area contributed by atoms with Crippen LogP contribution in [0, 0.1) is 29.1 Å². The summed E-state index contributed by atoms with van der Waals surface area (Å²) in [6, 6.07) is 23.5. The number of nitrogens with two attached hydrogens (primary N) is 1. The van der Waals surface area contributed by atoms with Crippen molar-refractivity contribution in [3.63, 3.8) is 0 Å². The zero-order valence-corrected chi connectivity index (χ0v) is 44.6. The fourth-order valence-electron chi connectivity index (χ4n) is 13.1. The number of carbonyl (C=O) groups is 2. The smallest absolute Gasteiger partial charge is 0.243 e. The summed E-state index contributed by atoms with van der Waals surface area (Å²) in [6.07, 6.45) is 13.7. The average Bonchev–Trinajstić information content (AvgIpc) is 3.75. The first-order valence-electron chi connectivity index (χ1n) is 27.7. The quantitative estimate of drug-likeness (QED) is 0.0847. The lowest BCUT2D eigenvalue weighted by molar-refractivity contribution is -0.168. The normalized spacial score (nSPS) is 30.6. The van der Waals surface area contributed by atoms with Gasteiger partial charge in [-0.1, -0.05) is 134 Å². The standard InChI is InChI=1S/C64H82N4O7/c1-5-66-56-31-27-45(20-12-19-44-16-7-6-8-17-44)18-9-10-36-75-41-49(24-11-15-42(56)2)53-33-35-64(60(53)72)55-30-29-50(69)38-47-22-13-21-46(37-47)26-28-51(70)40-67-59-58-48(23-14-25-54(58)61(65)68-62(59)73)39-57(71)43(3)52(55)32-34-63(64,4)74/h6-8,11,13-17,21-25,27,37,50-51,53,55-56,59-61,66-67,69-70,72,74H,2,5,12,18-20,26,28-36,38-41,65H2,1,3-4H3,(H,68,73). The van der Waals surface area contributed by atoms with Gasteiger partial charge < -0.3 is 41.5 Å². The predicted octanol–water partition coefficient (Wildman–Crippen LogP) is 8.22. The summed E-state index contributed by atoms with van der Waals surface area (Å²) < 4.78 is 6.34. The van der Waals surface area contributed by atoms with E-state index in [0.717, 1.165) is 60.1 Å². The van der Waals surface area contributed by atoms with Crippen molar-refractivity contribution in [3.05, 3.63) is 165 Å². The summed E-state index contributed by atoms with van der Waals surface area (Å²) in [7, 11) is 0. The van der Waals surface area contributed by atoms with Crippen LogP contribution in [0.25, 0.3) is 0 Å². The summed E-state index contributed by atoms with van der Waals surface area (Å²) in [5.41, 5.74) is 14.1. The van der Waals surface area contributed by atoms with Crippen LogP contribution in [0.3, 0.4) is 0 Å². The Morgan fingerprint density at radius 3 is 2.53 bits per heavy atom. The molecule has 3 aromatic carbocycles. The molecule has 2 fully saturated rings. The molecule has 2 saturated carbocycles. The van der Waals surface area contributed by atoms with Gasteiger partial charge in [-0.05, 0) is 160 Å². The van der Waals surface area contributed by atoms with Gasteiger partial charge in [0.1, 0.15) is 18.8 Å². The van der Waals surface area contributed by atoms with Crippen LogP contribution >= 0.6 is 0 Å². The average molecular weight is 1020 g/mol. The summed E-state index contributed by atoms with van der Waals surface area (Å²) >= 11 is 0. The number of aryl methyl sites for hydroxylation is 2. The number of allylic oxidation sites excluding steroid dienone is 5. The van der Waals surface area contributed by atoms with Gasteiger partial charge in [0, 0.05) is 36.8 Å². The number of benzene rings is 3. The van der Waals surface area contributed by atoms with E-state index in [-0.39, 0.29) is 49.8 Å². The minimum absolute atomic E-state index is 0.00279. The molecule has 3 heterocycles. The van der Waals surface area contributed by atoms with Crippen molar-refractivity contribution < 1.29 is 34.8 Å². The van der Waals surface area contributed by atoms with Crippen molar-refractivity contribution in [2.75, 3.05) is 26.3 Å². The molecule has 1 amide bonds. The lowest BCUT2D eigenvalue weighted by Crippen LogP contribution is -2.59. The molecule has 11 nitrogen and oxygen atoms in total.